The number of rotatable bonds is 5. The van der Waals surface area contributed by atoms with Crippen molar-refractivity contribution >= 4 is 21.7 Å². The molecule has 1 aromatic carbocycles. The molecule has 1 saturated heterocycles. The summed E-state index contributed by atoms with van der Waals surface area (Å²) >= 11 is 3.45. The van der Waals surface area contributed by atoms with Crippen molar-refractivity contribution in [2.45, 2.75) is 12.5 Å². The van der Waals surface area contributed by atoms with Crippen LogP contribution >= 0.6 is 15.9 Å². The molecular weight excluding hydrogens is 336 g/mol. The number of nitrogens with zero attached hydrogens (tertiary/aromatic N) is 3. The minimum absolute atomic E-state index is 0.0533. The first kappa shape index (κ1) is 14.2. The first-order valence-electron chi connectivity index (χ1n) is 6.65. The SMILES string of the molecule is COc1ccc(Br)c(CC(=O)c2cn(C3CNC3)nn2)c1. The predicted molar refractivity (Wildman–Crippen MR) is 80.7 cm³/mol. The van der Waals surface area contributed by atoms with Crippen molar-refractivity contribution in [2.75, 3.05) is 20.2 Å². The molecule has 21 heavy (non-hydrogen) atoms. The molecular formula is C14H15BrN4O2. The number of carbonyl (C=O) groups excluding carboxylic acids is 1. The molecule has 110 valence electrons. The van der Waals surface area contributed by atoms with Gasteiger partial charge in [0.1, 0.15) is 11.4 Å². The summed E-state index contributed by atoms with van der Waals surface area (Å²) in [7, 11) is 1.60. The van der Waals surface area contributed by atoms with E-state index >= 15 is 0 Å². The highest BCUT2D eigenvalue weighted by Gasteiger charge is 2.22. The highest BCUT2D eigenvalue weighted by atomic mass is 79.9. The van der Waals surface area contributed by atoms with Crippen molar-refractivity contribution in [1.82, 2.24) is 20.3 Å². The Hall–Kier alpha value is -1.73. The Morgan fingerprint density at radius 3 is 3.00 bits per heavy atom. The Bertz CT molecular complexity index is 667. The molecule has 1 N–H and O–H groups in total. The molecule has 0 atom stereocenters. The molecule has 2 heterocycles. The maximum Gasteiger partial charge on any atom is 0.189 e. The highest BCUT2D eigenvalue weighted by molar-refractivity contribution is 9.10. The minimum Gasteiger partial charge on any atom is -0.497 e. The average Bonchev–Trinajstić information content (AvgIpc) is 2.88. The maximum absolute atomic E-state index is 12.3. The zero-order valence-corrected chi connectivity index (χ0v) is 13.1. The lowest BCUT2D eigenvalue weighted by molar-refractivity contribution is 0.0988. The lowest BCUT2D eigenvalue weighted by atomic mass is 10.1. The van der Waals surface area contributed by atoms with Gasteiger partial charge in [0.2, 0.25) is 0 Å². The molecule has 0 amide bonds. The largest absolute Gasteiger partial charge is 0.497 e. The number of aromatic nitrogens is 3. The molecule has 0 radical (unpaired) electrons. The Balaban J connectivity index is 1.75. The number of benzene rings is 1. The first-order valence-corrected chi connectivity index (χ1v) is 7.45. The number of nitrogens with one attached hydrogen (secondary N) is 1. The predicted octanol–water partition coefficient (Wildman–Crippen LogP) is 1.62. The molecule has 0 aliphatic carbocycles. The molecule has 1 fully saturated rings. The van der Waals surface area contributed by atoms with E-state index in [0.29, 0.717) is 11.7 Å². The van der Waals surface area contributed by atoms with Crippen LogP contribution in [0.15, 0.2) is 28.9 Å². The van der Waals surface area contributed by atoms with Crippen molar-refractivity contribution in [2.24, 2.45) is 0 Å². The van der Waals surface area contributed by atoms with Crippen molar-refractivity contribution in [3.8, 4) is 5.75 Å². The fourth-order valence-corrected chi connectivity index (χ4v) is 2.51. The molecule has 0 saturated carbocycles. The van der Waals surface area contributed by atoms with Crippen molar-refractivity contribution in [3.05, 3.63) is 40.1 Å². The van der Waals surface area contributed by atoms with Gasteiger partial charge in [0.25, 0.3) is 0 Å². The van der Waals surface area contributed by atoms with Gasteiger partial charge < -0.3 is 10.1 Å². The van der Waals surface area contributed by atoms with Gasteiger partial charge in [0.15, 0.2) is 5.78 Å². The Morgan fingerprint density at radius 2 is 2.33 bits per heavy atom. The van der Waals surface area contributed by atoms with Gasteiger partial charge in [-0.3, -0.25) is 4.79 Å². The Kier molecular flexibility index (Phi) is 4.03. The summed E-state index contributed by atoms with van der Waals surface area (Å²) in [6, 6.07) is 5.88. The topological polar surface area (TPSA) is 69.0 Å². The standard InChI is InChI=1S/C14H15BrN4O2/c1-21-11-2-3-12(15)9(4-11)5-14(20)13-8-19(18-17-13)10-6-16-7-10/h2-4,8,10,16H,5-7H2,1H3. The van der Waals surface area contributed by atoms with Gasteiger partial charge >= 0.3 is 0 Å². The Labute approximate surface area is 130 Å². The van der Waals surface area contributed by atoms with Crippen LogP contribution < -0.4 is 10.1 Å². The van der Waals surface area contributed by atoms with Gasteiger partial charge in [-0.1, -0.05) is 21.1 Å². The number of ether oxygens (including phenoxy) is 1. The van der Waals surface area contributed by atoms with E-state index in [-0.39, 0.29) is 12.2 Å². The third-order valence-corrected chi connectivity index (χ3v) is 4.31. The molecule has 1 aliphatic rings. The molecule has 2 aromatic rings. The van der Waals surface area contributed by atoms with Crippen LogP contribution in [0.5, 0.6) is 5.75 Å². The highest BCUT2D eigenvalue weighted by Crippen LogP contribution is 2.23. The second-order valence-electron chi connectivity index (χ2n) is 4.95. The third-order valence-electron chi connectivity index (χ3n) is 3.53. The van der Waals surface area contributed by atoms with Crippen LogP contribution in [0.4, 0.5) is 0 Å². The van der Waals surface area contributed by atoms with Crippen LogP contribution in [0.2, 0.25) is 0 Å². The summed E-state index contributed by atoms with van der Waals surface area (Å²) in [6.45, 7) is 1.75. The van der Waals surface area contributed by atoms with Gasteiger partial charge in [0, 0.05) is 24.0 Å². The number of hydrogen-bond acceptors (Lipinski definition) is 5. The van der Waals surface area contributed by atoms with Gasteiger partial charge in [-0.15, -0.1) is 5.10 Å². The molecule has 1 aliphatic heterocycles. The van der Waals surface area contributed by atoms with Crippen molar-refractivity contribution < 1.29 is 9.53 Å². The molecule has 0 unspecified atom stereocenters. The molecule has 6 nitrogen and oxygen atoms in total. The maximum atomic E-state index is 12.3. The van der Waals surface area contributed by atoms with E-state index in [4.69, 9.17) is 4.74 Å². The lowest BCUT2D eigenvalue weighted by Gasteiger charge is -2.26. The third kappa shape index (κ3) is 2.98. The molecule has 0 bridgehead atoms. The summed E-state index contributed by atoms with van der Waals surface area (Å²) < 4.78 is 7.82. The van der Waals surface area contributed by atoms with Crippen LogP contribution in [-0.2, 0) is 6.42 Å². The Morgan fingerprint density at radius 1 is 1.52 bits per heavy atom. The zero-order valence-electron chi connectivity index (χ0n) is 11.5. The van der Waals surface area contributed by atoms with Gasteiger partial charge in [-0.05, 0) is 23.8 Å². The normalized spacial score (nSPS) is 14.8. The van der Waals surface area contributed by atoms with Crippen molar-refractivity contribution in [3.63, 3.8) is 0 Å². The summed E-state index contributed by atoms with van der Waals surface area (Å²) in [4.78, 5) is 12.3. The minimum atomic E-state index is -0.0533. The lowest BCUT2D eigenvalue weighted by Crippen LogP contribution is -2.43. The monoisotopic (exact) mass is 350 g/mol. The van der Waals surface area contributed by atoms with Crippen LogP contribution in [0.3, 0.4) is 0 Å². The van der Waals surface area contributed by atoms with E-state index < -0.39 is 0 Å². The number of halogens is 1. The van der Waals surface area contributed by atoms with Crippen molar-refractivity contribution in [1.29, 1.82) is 0 Å². The molecule has 3 rings (SSSR count). The number of Topliss-reactive ketones (excluding diaryl/α,β-unsaturated/α-hetero) is 1. The number of ketones is 1. The summed E-state index contributed by atoms with van der Waals surface area (Å²) in [5.41, 5.74) is 1.27. The average molecular weight is 351 g/mol. The zero-order chi connectivity index (χ0) is 14.8. The number of carbonyl (C=O) groups is 1. The van der Waals surface area contributed by atoms with E-state index in [1.807, 2.05) is 18.2 Å². The number of methoxy groups -OCH3 is 1. The number of hydrogen-bond donors (Lipinski definition) is 1. The van der Waals surface area contributed by atoms with Crippen LogP contribution in [0, 0.1) is 0 Å². The van der Waals surface area contributed by atoms with Crippen LogP contribution in [0.1, 0.15) is 22.1 Å². The van der Waals surface area contributed by atoms with Gasteiger partial charge in [-0.2, -0.15) is 0 Å². The van der Waals surface area contributed by atoms with Crippen LogP contribution in [0.25, 0.3) is 0 Å². The van der Waals surface area contributed by atoms with E-state index in [9.17, 15) is 4.79 Å². The quantitative estimate of drug-likeness (QED) is 0.829. The summed E-state index contributed by atoms with van der Waals surface area (Å²) in [5.74, 6) is 0.674. The first-order chi connectivity index (χ1) is 10.2. The van der Waals surface area contributed by atoms with Gasteiger partial charge in [-0.25, -0.2) is 4.68 Å². The summed E-state index contributed by atoms with van der Waals surface area (Å²) in [5, 5.41) is 11.2. The fourth-order valence-electron chi connectivity index (χ4n) is 2.12. The van der Waals surface area contributed by atoms with E-state index in [0.717, 1.165) is 28.9 Å². The molecule has 0 spiro atoms. The smallest absolute Gasteiger partial charge is 0.189 e. The van der Waals surface area contributed by atoms with E-state index in [1.165, 1.54) is 0 Å². The summed E-state index contributed by atoms with van der Waals surface area (Å²) in [6.07, 6.45) is 1.99. The molecule has 7 heteroatoms. The van der Waals surface area contributed by atoms with Gasteiger partial charge in [0.05, 0.1) is 19.3 Å². The van der Waals surface area contributed by atoms with Crippen LogP contribution in [-0.4, -0.2) is 41.0 Å². The van der Waals surface area contributed by atoms with E-state index in [1.54, 1.807) is 18.0 Å². The second-order valence-corrected chi connectivity index (χ2v) is 5.81. The fraction of sp³-hybridized carbons (Fsp3) is 0.357. The second kappa shape index (κ2) is 5.95. The molecule has 1 aromatic heterocycles. The van der Waals surface area contributed by atoms with E-state index in [2.05, 4.69) is 31.6 Å².